The number of anilines is 1. The number of carbonyl (C=O) groups is 2. The van der Waals surface area contributed by atoms with Crippen LogP contribution < -0.4 is 9.64 Å². The van der Waals surface area contributed by atoms with Gasteiger partial charge in [0.25, 0.3) is 5.78 Å². The number of nitrogens with zero attached hydrogens (tertiary/aromatic N) is 3. The van der Waals surface area contributed by atoms with Gasteiger partial charge in [-0.25, -0.2) is 0 Å². The Labute approximate surface area is 267 Å². The molecule has 44 heavy (non-hydrogen) atoms. The number of benzene rings is 4. The smallest absolute Gasteiger partial charge is 0.301 e. The van der Waals surface area contributed by atoms with Crippen molar-refractivity contribution in [1.82, 2.24) is 10.2 Å². The third-order valence-electron chi connectivity index (χ3n) is 7.16. The third-order valence-corrected chi connectivity index (χ3v) is 9.63. The maximum atomic E-state index is 13.7. The minimum atomic E-state index is -0.969. The summed E-state index contributed by atoms with van der Waals surface area (Å²) in [5, 5.41) is 21.2. The first-order chi connectivity index (χ1) is 21.3. The van der Waals surface area contributed by atoms with E-state index in [0.29, 0.717) is 37.7 Å². The fraction of sp³-hybridized carbons (Fsp3) is 0.118. The molecular formula is C34H26ClN3O4S2. The number of halogens is 1. The van der Waals surface area contributed by atoms with Crippen LogP contribution in [-0.4, -0.2) is 27.0 Å². The van der Waals surface area contributed by atoms with Crippen molar-refractivity contribution in [3.63, 3.8) is 0 Å². The molecule has 220 valence electrons. The number of rotatable bonds is 8. The Morgan fingerprint density at radius 2 is 1.68 bits per heavy atom. The summed E-state index contributed by atoms with van der Waals surface area (Å²) in [6.45, 7) is 3.75. The molecule has 1 unspecified atom stereocenters. The summed E-state index contributed by atoms with van der Waals surface area (Å²) in [7, 11) is 0. The number of hydrogen-bond donors (Lipinski definition) is 1. The summed E-state index contributed by atoms with van der Waals surface area (Å²) >= 11 is 8.96. The first-order valence-corrected chi connectivity index (χ1v) is 15.9. The number of aliphatic hydroxyl groups is 1. The molecule has 7 nitrogen and oxygen atoms in total. The van der Waals surface area contributed by atoms with Crippen molar-refractivity contribution in [3.05, 3.63) is 135 Å². The van der Waals surface area contributed by atoms with E-state index in [-0.39, 0.29) is 16.5 Å². The average Bonchev–Trinajstić information content (AvgIpc) is 3.60. The zero-order valence-electron chi connectivity index (χ0n) is 23.7. The molecular weight excluding hydrogens is 614 g/mol. The molecule has 1 aliphatic rings. The van der Waals surface area contributed by atoms with Gasteiger partial charge in [0.05, 0.1) is 11.6 Å². The number of ether oxygens (including phenoxy) is 1. The molecule has 1 aliphatic heterocycles. The lowest BCUT2D eigenvalue weighted by Gasteiger charge is -2.23. The molecule has 2 heterocycles. The van der Waals surface area contributed by atoms with Gasteiger partial charge in [-0.3, -0.25) is 14.5 Å². The third kappa shape index (κ3) is 5.99. The molecule has 1 saturated heterocycles. The zero-order valence-corrected chi connectivity index (χ0v) is 26.1. The van der Waals surface area contributed by atoms with Gasteiger partial charge in [0.15, 0.2) is 4.34 Å². The van der Waals surface area contributed by atoms with E-state index in [0.717, 1.165) is 16.7 Å². The Hall–Kier alpha value is -4.44. The van der Waals surface area contributed by atoms with Crippen molar-refractivity contribution < 1.29 is 19.4 Å². The number of aryl methyl sites for hydroxylation is 2. The average molecular weight is 640 g/mol. The second-order valence-electron chi connectivity index (χ2n) is 10.2. The minimum absolute atomic E-state index is 0.0268. The summed E-state index contributed by atoms with van der Waals surface area (Å²) in [4.78, 5) is 28.7. The van der Waals surface area contributed by atoms with Crippen molar-refractivity contribution in [1.29, 1.82) is 0 Å². The lowest BCUT2D eigenvalue weighted by molar-refractivity contribution is -0.132. The van der Waals surface area contributed by atoms with Crippen LogP contribution in [0.15, 0.2) is 107 Å². The Morgan fingerprint density at radius 3 is 2.48 bits per heavy atom. The van der Waals surface area contributed by atoms with Gasteiger partial charge in [-0.15, -0.1) is 10.2 Å². The maximum absolute atomic E-state index is 13.7. The number of ketones is 1. The van der Waals surface area contributed by atoms with Crippen LogP contribution in [0.4, 0.5) is 5.13 Å². The number of amides is 1. The number of carbonyl (C=O) groups excluding carboxylic acids is 2. The van der Waals surface area contributed by atoms with Crippen LogP contribution in [0.2, 0.25) is 5.02 Å². The predicted octanol–water partition coefficient (Wildman–Crippen LogP) is 8.52. The molecule has 0 bridgehead atoms. The van der Waals surface area contributed by atoms with E-state index in [9.17, 15) is 14.7 Å². The molecule has 0 radical (unpaired) electrons. The van der Waals surface area contributed by atoms with E-state index >= 15 is 0 Å². The highest BCUT2D eigenvalue weighted by Crippen LogP contribution is 2.45. The summed E-state index contributed by atoms with van der Waals surface area (Å²) < 4.78 is 6.68. The number of thioether (sulfide) groups is 1. The van der Waals surface area contributed by atoms with Crippen LogP contribution in [0.3, 0.4) is 0 Å². The highest BCUT2D eigenvalue weighted by Gasteiger charge is 2.48. The molecule has 0 spiro atoms. The zero-order chi connectivity index (χ0) is 30.8. The standard InChI is InChI=1S/C34H26ClN3O4S2/c1-20-15-16-21(2)26(17-20)30(39)28-29(22-10-8-13-25(18-22)42-24-11-4-3-5-12-24)38(32(41)31(28)40)33-36-37-34(44-33)43-19-23-9-6-7-14-27(23)35/h3-18,29,39H,19H2,1-2H3/b30-28+. The molecule has 4 aromatic carbocycles. The van der Waals surface area contributed by atoms with Crippen LogP contribution >= 0.6 is 34.7 Å². The van der Waals surface area contributed by atoms with Gasteiger partial charge >= 0.3 is 5.91 Å². The maximum Gasteiger partial charge on any atom is 0.301 e. The van der Waals surface area contributed by atoms with Gasteiger partial charge < -0.3 is 9.84 Å². The highest BCUT2D eigenvalue weighted by atomic mass is 35.5. The quantitative estimate of drug-likeness (QED) is 0.0598. The van der Waals surface area contributed by atoms with E-state index in [2.05, 4.69) is 10.2 Å². The largest absolute Gasteiger partial charge is 0.507 e. The fourth-order valence-corrected chi connectivity index (χ4v) is 7.12. The van der Waals surface area contributed by atoms with E-state index in [1.54, 1.807) is 30.3 Å². The lowest BCUT2D eigenvalue weighted by Crippen LogP contribution is -2.29. The monoisotopic (exact) mass is 639 g/mol. The Balaban J connectivity index is 1.42. The number of aliphatic hydroxyl groups excluding tert-OH is 1. The molecule has 1 aromatic heterocycles. The van der Waals surface area contributed by atoms with Gasteiger partial charge in [0.1, 0.15) is 17.3 Å². The summed E-state index contributed by atoms with van der Waals surface area (Å²) in [5.41, 5.74) is 3.66. The van der Waals surface area contributed by atoms with Gasteiger partial charge in [0.2, 0.25) is 5.13 Å². The van der Waals surface area contributed by atoms with Crippen molar-refractivity contribution >= 4 is 57.3 Å². The van der Waals surface area contributed by atoms with E-state index in [4.69, 9.17) is 16.3 Å². The van der Waals surface area contributed by atoms with Gasteiger partial charge in [0, 0.05) is 16.3 Å². The van der Waals surface area contributed by atoms with Crippen LogP contribution in [0.5, 0.6) is 11.5 Å². The minimum Gasteiger partial charge on any atom is -0.507 e. The second-order valence-corrected chi connectivity index (χ2v) is 12.8. The number of Topliss-reactive ketones (excluding diaryl/α,β-unsaturated/α-hetero) is 1. The molecule has 6 rings (SSSR count). The van der Waals surface area contributed by atoms with Crippen molar-refractivity contribution in [2.45, 2.75) is 30.0 Å². The van der Waals surface area contributed by atoms with E-state index in [1.165, 1.54) is 28.0 Å². The molecule has 5 aromatic rings. The first-order valence-electron chi connectivity index (χ1n) is 13.7. The molecule has 1 atom stereocenters. The Morgan fingerprint density at radius 1 is 0.932 bits per heavy atom. The normalized spacial score (nSPS) is 16.0. The number of hydrogen-bond acceptors (Lipinski definition) is 8. The summed E-state index contributed by atoms with van der Waals surface area (Å²) in [5.74, 6) is -0.137. The van der Waals surface area contributed by atoms with E-state index < -0.39 is 17.7 Å². The highest BCUT2D eigenvalue weighted by molar-refractivity contribution is 8.00. The number of aromatic nitrogens is 2. The molecule has 0 saturated carbocycles. The van der Waals surface area contributed by atoms with Gasteiger partial charge in [-0.05, 0) is 66.9 Å². The molecule has 10 heteroatoms. The van der Waals surface area contributed by atoms with Crippen molar-refractivity contribution in [2.75, 3.05) is 4.90 Å². The summed E-state index contributed by atoms with van der Waals surface area (Å²) in [6.07, 6.45) is 0. The fourth-order valence-electron chi connectivity index (χ4n) is 4.97. The van der Waals surface area contributed by atoms with Gasteiger partial charge in [-0.1, -0.05) is 101 Å². The number of para-hydroxylation sites is 1. The predicted molar refractivity (Wildman–Crippen MR) is 175 cm³/mol. The molecule has 0 aliphatic carbocycles. The second kappa shape index (κ2) is 12.7. The SMILES string of the molecule is Cc1ccc(C)c(/C(O)=C2\C(=O)C(=O)N(c3nnc(SCc4ccccc4Cl)s3)C2c2cccc(Oc3ccccc3)c2)c1. The van der Waals surface area contributed by atoms with Crippen LogP contribution in [0.25, 0.3) is 5.76 Å². The topological polar surface area (TPSA) is 92.6 Å². The van der Waals surface area contributed by atoms with Crippen LogP contribution in [-0.2, 0) is 15.3 Å². The van der Waals surface area contributed by atoms with E-state index in [1.807, 2.05) is 80.6 Å². The first kappa shape index (κ1) is 29.6. The van der Waals surface area contributed by atoms with Crippen molar-refractivity contribution in [2.24, 2.45) is 0 Å². The summed E-state index contributed by atoms with van der Waals surface area (Å²) in [6, 6.07) is 28.6. The Bertz CT molecular complexity index is 1910. The molecule has 1 N–H and O–H groups in total. The molecule has 1 amide bonds. The molecule has 1 fully saturated rings. The van der Waals surface area contributed by atoms with Crippen molar-refractivity contribution in [3.8, 4) is 11.5 Å². The lowest BCUT2D eigenvalue weighted by atomic mass is 9.93. The van der Waals surface area contributed by atoms with Crippen LogP contribution in [0, 0.1) is 13.8 Å². The van der Waals surface area contributed by atoms with Crippen LogP contribution in [0.1, 0.15) is 33.9 Å². The van der Waals surface area contributed by atoms with Gasteiger partial charge in [-0.2, -0.15) is 0 Å². The Kier molecular flexibility index (Phi) is 8.52.